The van der Waals surface area contributed by atoms with Crippen molar-refractivity contribution >= 4 is 0 Å². The van der Waals surface area contributed by atoms with E-state index in [-0.39, 0.29) is 0 Å². The van der Waals surface area contributed by atoms with Crippen LogP contribution in [0.4, 0.5) is 0 Å². The highest BCUT2D eigenvalue weighted by Gasteiger charge is 2.46. The van der Waals surface area contributed by atoms with Crippen molar-refractivity contribution < 1.29 is 9.84 Å². The van der Waals surface area contributed by atoms with Crippen molar-refractivity contribution in [2.45, 2.75) is 78.0 Å². The molecular formula is C17H30N2O2. The van der Waals surface area contributed by atoms with E-state index in [1.54, 1.807) is 6.20 Å². The third kappa shape index (κ3) is 3.49. The smallest absolute Gasteiger partial charge is 0.141 e. The first-order valence-electron chi connectivity index (χ1n) is 8.27. The third-order valence-electron chi connectivity index (χ3n) is 4.84. The van der Waals surface area contributed by atoms with Gasteiger partial charge in [0.15, 0.2) is 0 Å². The van der Waals surface area contributed by atoms with E-state index in [1.165, 1.54) is 0 Å². The topological polar surface area (TPSA) is 47.3 Å². The van der Waals surface area contributed by atoms with E-state index in [0.717, 1.165) is 44.5 Å². The average Bonchev–Trinajstić information content (AvgIpc) is 2.89. The van der Waals surface area contributed by atoms with Crippen molar-refractivity contribution in [3.63, 3.8) is 0 Å². The lowest BCUT2D eigenvalue weighted by molar-refractivity contribution is -0.156. The summed E-state index contributed by atoms with van der Waals surface area (Å²) in [5.41, 5.74) is -0.125. The molecule has 120 valence electrons. The molecule has 1 aliphatic carbocycles. The van der Waals surface area contributed by atoms with Gasteiger partial charge >= 0.3 is 0 Å². The molecule has 1 N–H and O–H groups in total. The maximum Gasteiger partial charge on any atom is 0.141 e. The number of aliphatic hydroxyl groups excluding tert-OH is 1. The predicted molar refractivity (Wildman–Crippen MR) is 84.1 cm³/mol. The summed E-state index contributed by atoms with van der Waals surface area (Å²) in [4.78, 5) is 4.41. The van der Waals surface area contributed by atoms with Crippen LogP contribution in [0.25, 0.3) is 0 Å². The summed E-state index contributed by atoms with van der Waals surface area (Å²) in [5.74, 6) is 0.755. The number of aryl methyl sites for hydroxylation is 1. The second-order valence-corrected chi connectivity index (χ2v) is 7.04. The normalized spacial score (nSPS) is 22.1. The first-order valence-corrected chi connectivity index (χ1v) is 8.27. The minimum Gasteiger partial charge on any atom is -0.382 e. The number of ether oxygens (including phenoxy) is 1. The highest BCUT2D eigenvalue weighted by Crippen LogP contribution is 2.47. The second-order valence-electron chi connectivity index (χ2n) is 7.04. The van der Waals surface area contributed by atoms with Crippen molar-refractivity contribution in [3.05, 3.63) is 18.2 Å². The van der Waals surface area contributed by atoms with Gasteiger partial charge in [0.2, 0.25) is 0 Å². The zero-order valence-electron chi connectivity index (χ0n) is 13.9. The van der Waals surface area contributed by atoms with Crippen molar-refractivity contribution in [1.82, 2.24) is 9.55 Å². The Kier molecular flexibility index (Phi) is 5.10. The number of hydrogen-bond donors (Lipinski definition) is 1. The van der Waals surface area contributed by atoms with Gasteiger partial charge in [-0.15, -0.1) is 0 Å². The Labute approximate surface area is 128 Å². The molecule has 0 aromatic carbocycles. The van der Waals surface area contributed by atoms with E-state index in [2.05, 4.69) is 30.3 Å². The Bertz CT molecular complexity index is 443. The summed E-state index contributed by atoms with van der Waals surface area (Å²) < 4.78 is 8.14. The first kappa shape index (κ1) is 16.5. The summed E-state index contributed by atoms with van der Waals surface area (Å²) in [6, 6.07) is 0. The van der Waals surface area contributed by atoms with Gasteiger partial charge in [0.1, 0.15) is 17.5 Å². The second kappa shape index (κ2) is 6.49. The van der Waals surface area contributed by atoms with E-state index in [9.17, 15) is 5.11 Å². The Balaban J connectivity index is 2.23. The summed E-state index contributed by atoms with van der Waals surface area (Å²) in [7, 11) is 0. The Hall–Kier alpha value is -0.870. The average molecular weight is 294 g/mol. The number of nitrogens with zero attached hydrogens (tertiary/aromatic N) is 2. The lowest BCUT2D eigenvalue weighted by Gasteiger charge is -2.45. The molecule has 1 aromatic heterocycles. The van der Waals surface area contributed by atoms with Crippen LogP contribution >= 0.6 is 0 Å². The van der Waals surface area contributed by atoms with Crippen LogP contribution in [-0.4, -0.2) is 26.9 Å². The van der Waals surface area contributed by atoms with E-state index in [1.807, 2.05) is 13.1 Å². The van der Waals surface area contributed by atoms with Gasteiger partial charge in [0.05, 0.1) is 0 Å². The molecule has 2 rings (SSSR count). The molecule has 1 atom stereocenters. The zero-order chi connectivity index (χ0) is 15.5. The van der Waals surface area contributed by atoms with Gasteiger partial charge in [-0.05, 0) is 44.4 Å². The van der Waals surface area contributed by atoms with Crippen LogP contribution in [0, 0.1) is 5.41 Å². The molecular weight excluding hydrogens is 264 g/mol. The summed E-state index contributed by atoms with van der Waals surface area (Å²) in [5, 5.41) is 11.0. The van der Waals surface area contributed by atoms with Gasteiger partial charge in [-0.2, -0.15) is 0 Å². The number of rotatable bonds is 6. The lowest BCUT2D eigenvalue weighted by Crippen LogP contribution is -2.45. The van der Waals surface area contributed by atoms with Crippen LogP contribution in [0.2, 0.25) is 0 Å². The van der Waals surface area contributed by atoms with E-state index < -0.39 is 11.7 Å². The van der Waals surface area contributed by atoms with Crippen LogP contribution in [0.1, 0.15) is 71.7 Å². The van der Waals surface area contributed by atoms with Crippen molar-refractivity contribution in [2.24, 2.45) is 5.41 Å². The molecule has 0 radical (unpaired) electrons. The van der Waals surface area contributed by atoms with Gasteiger partial charge in [0.25, 0.3) is 0 Å². The molecule has 1 aliphatic rings. The highest BCUT2D eigenvalue weighted by molar-refractivity contribution is 5.07. The molecule has 1 unspecified atom stereocenters. The highest BCUT2D eigenvalue weighted by atomic mass is 16.5. The summed E-state index contributed by atoms with van der Waals surface area (Å²) in [6.07, 6.45) is 8.08. The molecule has 21 heavy (non-hydrogen) atoms. The maximum atomic E-state index is 11.0. The number of imidazole rings is 1. The molecule has 1 fully saturated rings. The molecule has 0 bridgehead atoms. The lowest BCUT2D eigenvalue weighted by atomic mass is 9.69. The van der Waals surface area contributed by atoms with E-state index in [0.29, 0.717) is 12.0 Å². The molecule has 4 heteroatoms. The standard InChI is InChI=1S/C17H30N2O2/c1-5-12-19-13-11-18-15(19)14(20)17(21-6-2)9-7-16(3,4)8-10-17/h11,13-14,20H,5-10,12H2,1-4H3. The molecule has 0 aliphatic heterocycles. The fourth-order valence-corrected chi connectivity index (χ4v) is 3.37. The van der Waals surface area contributed by atoms with Gasteiger partial charge < -0.3 is 14.4 Å². The van der Waals surface area contributed by atoms with Crippen molar-refractivity contribution in [2.75, 3.05) is 6.61 Å². The fourth-order valence-electron chi connectivity index (χ4n) is 3.37. The third-order valence-corrected chi connectivity index (χ3v) is 4.84. The molecule has 4 nitrogen and oxygen atoms in total. The SMILES string of the molecule is CCCn1ccnc1C(O)C1(OCC)CCC(C)(C)CC1. The quantitative estimate of drug-likeness (QED) is 0.870. The molecule has 1 aromatic rings. The summed E-state index contributed by atoms with van der Waals surface area (Å²) in [6.45, 7) is 10.3. The molecule has 0 amide bonds. The van der Waals surface area contributed by atoms with Crippen LogP contribution < -0.4 is 0 Å². The van der Waals surface area contributed by atoms with E-state index in [4.69, 9.17) is 4.74 Å². The number of aromatic nitrogens is 2. The fraction of sp³-hybridized carbons (Fsp3) is 0.824. The number of hydrogen-bond acceptors (Lipinski definition) is 3. The predicted octanol–water partition coefficient (Wildman–Crippen LogP) is 3.70. The summed E-state index contributed by atoms with van der Waals surface area (Å²) >= 11 is 0. The monoisotopic (exact) mass is 294 g/mol. The zero-order valence-corrected chi connectivity index (χ0v) is 13.9. The van der Waals surface area contributed by atoms with Crippen LogP contribution in [-0.2, 0) is 11.3 Å². The Morgan fingerprint density at radius 2 is 1.95 bits per heavy atom. The van der Waals surface area contributed by atoms with Crippen molar-refractivity contribution in [1.29, 1.82) is 0 Å². The van der Waals surface area contributed by atoms with Crippen molar-refractivity contribution in [3.8, 4) is 0 Å². The van der Waals surface area contributed by atoms with Crippen LogP contribution in [0.15, 0.2) is 12.4 Å². The van der Waals surface area contributed by atoms with Gasteiger partial charge in [0, 0.05) is 25.5 Å². The number of aliphatic hydroxyl groups is 1. The first-order chi connectivity index (χ1) is 9.94. The Morgan fingerprint density at radius 1 is 1.29 bits per heavy atom. The molecule has 1 heterocycles. The molecule has 1 saturated carbocycles. The maximum absolute atomic E-state index is 11.0. The van der Waals surface area contributed by atoms with Gasteiger partial charge in [-0.3, -0.25) is 0 Å². The van der Waals surface area contributed by atoms with Crippen LogP contribution in [0.5, 0.6) is 0 Å². The minimum absolute atomic E-state index is 0.346. The molecule has 0 saturated heterocycles. The van der Waals surface area contributed by atoms with Gasteiger partial charge in [-0.25, -0.2) is 4.98 Å². The Morgan fingerprint density at radius 3 is 2.52 bits per heavy atom. The van der Waals surface area contributed by atoms with Gasteiger partial charge in [-0.1, -0.05) is 20.8 Å². The minimum atomic E-state index is -0.643. The van der Waals surface area contributed by atoms with E-state index >= 15 is 0 Å². The molecule has 0 spiro atoms. The largest absolute Gasteiger partial charge is 0.382 e. The van der Waals surface area contributed by atoms with Crippen LogP contribution in [0.3, 0.4) is 0 Å².